The van der Waals surface area contributed by atoms with Gasteiger partial charge in [-0.1, -0.05) is 18.2 Å². The third-order valence-electron chi connectivity index (χ3n) is 5.22. The summed E-state index contributed by atoms with van der Waals surface area (Å²) in [6.07, 6.45) is 8.29. The van der Waals surface area contributed by atoms with Crippen LogP contribution < -0.4 is 4.90 Å². The van der Waals surface area contributed by atoms with Crippen molar-refractivity contribution in [1.29, 1.82) is 0 Å². The maximum atomic E-state index is 12.9. The highest BCUT2D eigenvalue weighted by molar-refractivity contribution is 5.93. The van der Waals surface area contributed by atoms with Gasteiger partial charge in [0, 0.05) is 50.1 Å². The molecule has 0 unspecified atom stereocenters. The number of para-hydroxylation sites is 1. The van der Waals surface area contributed by atoms with E-state index in [1.807, 2.05) is 31.3 Å². The monoisotopic (exact) mass is 372 g/mol. The van der Waals surface area contributed by atoms with Crippen LogP contribution in [0.25, 0.3) is 0 Å². The summed E-state index contributed by atoms with van der Waals surface area (Å²) in [4.78, 5) is 25.3. The molecule has 0 atom stereocenters. The molecule has 0 bridgehead atoms. The molecule has 0 radical (unpaired) electrons. The average Bonchev–Trinajstić information content (AvgIpc) is 2.77. The van der Waals surface area contributed by atoms with Gasteiger partial charge in [-0.2, -0.15) is 0 Å². The zero-order chi connectivity index (χ0) is 19.3. The highest BCUT2D eigenvalue weighted by Crippen LogP contribution is 2.33. The van der Waals surface area contributed by atoms with Crippen molar-refractivity contribution in [2.75, 3.05) is 25.0 Å². The fourth-order valence-electron chi connectivity index (χ4n) is 3.65. The van der Waals surface area contributed by atoms with Gasteiger partial charge in [0.15, 0.2) is 0 Å². The number of carbonyl (C=O) groups excluding carboxylic acids is 1. The van der Waals surface area contributed by atoms with Crippen LogP contribution in [-0.2, 0) is 12.8 Å². The second-order valence-corrected chi connectivity index (χ2v) is 7.12. The van der Waals surface area contributed by atoms with Crippen LogP contribution in [0.15, 0.2) is 67.1 Å². The Bertz CT molecular complexity index is 958. The predicted octanol–water partition coefficient (Wildman–Crippen LogP) is 3.88. The van der Waals surface area contributed by atoms with E-state index in [1.165, 1.54) is 16.8 Å². The molecule has 1 aliphatic heterocycles. The van der Waals surface area contributed by atoms with Gasteiger partial charge >= 0.3 is 0 Å². The number of aryl methyl sites for hydroxylation is 1. The van der Waals surface area contributed by atoms with Gasteiger partial charge in [-0.15, -0.1) is 0 Å². The Morgan fingerprint density at radius 3 is 2.79 bits per heavy atom. The van der Waals surface area contributed by atoms with E-state index in [1.54, 1.807) is 23.5 Å². The van der Waals surface area contributed by atoms with E-state index in [-0.39, 0.29) is 5.91 Å². The molecule has 2 aromatic heterocycles. The number of anilines is 2. The third kappa shape index (κ3) is 3.88. The van der Waals surface area contributed by atoms with Crippen LogP contribution >= 0.6 is 0 Å². The van der Waals surface area contributed by atoms with Gasteiger partial charge in [0.1, 0.15) is 5.69 Å². The van der Waals surface area contributed by atoms with E-state index >= 15 is 0 Å². The summed E-state index contributed by atoms with van der Waals surface area (Å²) in [6.45, 7) is 1.59. The minimum Gasteiger partial charge on any atom is -0.341 e. The highest BCUT2D eigenvalue weighted by atomic mass is 16.2. The first-order valence-electron chi connectivity index (χ1n) is 9.68. The highest BCUT2D eigenvalue weighted by Gasteiger charge is 2.20. The molecule has 3 heterocycles. The standard InChI is InChI=1S/C23H24N4O/c1-26(16-11-18-8-12-24-13-9-18)23(28)21-17-20(10-14-25-21)27-15-4-6-19-5-2-3-7-22(19)27/h2-3,5,7-10,12-14,17H,4,6,11,15-16H2,1H3. The second kappa shape index (κ2) is 8.21. The summed E-state index contributed by atoms with van der Waals surface area (Å²) in [5.41, 5.74) is 5.25. The largest absolute Gasteiger partial charge is 0.341 e. The van der Waals surface area contributed by atoms with Crippen molar-refractivity contribution in [2.45, 2.75) is 19.3 Å². The van der Waals surface area contributed by atoms with Crippen LogP contribution in [0, 0.1) is 0 Å². The first-order valence-corrected chi connectivity index (χ1v) is 9.68. The van der Waals surface area contributed by atoms with Crippen molar-refractivity contribution >= 4 is 17.3 Å². The quantitative estimate of drug-likeness (QED) is 0.682. The summed E-state index contributed by atoms with van der Waals surface area (Å²) < 4.78 is 0. The smallest absolute Gasteiger partial charge is 0.272 e. The van der Waals surface area contributed by atoms with E-state index in [2.05, 4.69) is 39.1 Å². The molecular formula is C23H24N4O. The summed E-state index contributed by atoms with van der Waals surface area (Å²) >= 11 is 0. The molecule has 1 amide bonds. The Morgan fingerprint density at radius 2 is 1.93 bits per heavy atom. The van der Waals surface area contributed by atoms with Gasteiger partial charge in [0.2, 0.25) is 0 Å². The molecule has 4 rings (SSSR count). The Hall–Kier alpha value is -3.21. The van der Waals surface area contributed by atoms with Gasteiger partial charge in [-0.25, -0.2) is 0 Å². The summed E-state index contributed by atoms with van der Waals surface area (Å²) in [6, 6.07) is 16.3. The second-order valence-electron chi connectivity index (χ2n) is 7.12. The third-order valence-corrected chi connectivity index (χ3v) is 5.22. The van der Waals surface area contributed by atoms with Crippen LogP contribution in [0.4, 0.5) is 11.4 Å². The molecule has 0 aliphatic carbocycles. The average molecular weight is 372 g/mol. The number of fused-ring (bicyclic) bond motifs is 1. The molecule has 1 aliphatic rings. The lowest BCUT2D eigenvalue weighted by atomic mass is 10.0. The normalized spacial score (nSPS) is 13.1. The lowest BCUT2D eigenvalue weighted by Crippen LogP contribution is -2.30. The van der Waals surface area contributed by atoms with Crippen LogP contribution in [0.2, 0.25) is 0 Å². The lowest BCUT2D eigenvalue weighted by molar-refractivity contribution is 0.0791. The minimum atomic E-state index is -0.0544. The fourth-order valence-corrected chi connectivity index (χ4v) is 3.65. The molecule has 28 heavy (non-hydrogen) atoms. The van der Waals surface area contributed by atoms with E-state index < -0.39 is 0 Å². The van der Waals surface area contributed by atoms with Crippen molar-refractivity contribution in [2.24, 2.45) is 0 Å². The first kappa shape index (κ1) is 18.2. The Kier molecular flexibility index (Phi) is 5.33. The molecular weight excluding hydrogens is 348 g/mol. The Morgan fingerprint density at radius 1 is 1.11 bits per heavy atom. The SMILES string of the molecule is CN(CCc1ccncc1)C(=O)c1cc(N2CCCc3ccccc32)ccn1. The summed E-state index contributed by atoms with van der Waals surface area (Å²) in [7, 11) is 1.83. The first-order chi connectivity index (χ1) is 13.7. The number of amides is 1. The van der Waals surface area contributed by atoms with Gasteiger partial charge in [0.05, 0.1) is 0 Å². The van der Waals surface area contributed by atoms with Crippen molar-refractivity contribution in [3.63, 3.8) is 0 Å². The maximum Gasteiger partial charge on any atom is 0.272 e. The number of hydrogen-bond acceptors (Lipinski definition) is 4. The van der Waals surface area contributed by atoms with Gasteiger partial charge in [0.25, 0.3) is 5.91 Å². The van der Waals surface area contributed by atoms with Crippen molar-refractivity contribution in [1.82, 2.24) is 14.9 Å². The molecule has 5 nitrogen and oxygen atoms in total. The zero-order valence-electron chi connectivity index (χ0n) is 16.1. The molecule has 0 spiro atoms. The van der Waals surface area contributed by atoms with Crippen molar-refractivity contribution in [3.8, 4) is 0 Å². The Balaban J connectivity index is 1.50. The number of benzene rings is 1. The van der Waals surface area contributed by atoms with E-state index in [0.29, 0.717) is 12.2 Å². The minimum absolute atomic E-state index is 0.0544. The van der Waals surface area contributed by atoms with Crippen molar-refractivity contribution in [3.05, 3.63) is 83.9 Å². The summed E-state index contributed by atoms with van der Waals surface area (Å²) in [5, 5.41) is 0. The van der Waals surface area contributed by atoms with Crippen molar-refractivity contribution < 1.29 is 4.79 Å². The number of hydrogen-bond donors (Lipinski definition) is 0. The molecule has 3 aromatic rings. The van der Waals surface area contributed by atoms with Gasteiger partial charge in [-0.05, 0) is 60.7 Å². The molecule has 1 aromatic carbocycles. The van der Waals surface area contributed by atoms with Crippen LogP contribution in [0.1, 0.15) is 28.0 Å². The van der Waals surface area contributed by atoms with Crippen LogP contribution in [0.3, 0.4) is 0 Å². The number of carbonyl (C=O) groups is 1. The number of likely N-dealkylation sites (N-methyl/N-ethyl adjacent to an activating group) is 1. The number of nitrogens with zero attached hydrogens (tertiary/aromatic N) is 4. The topological polar surface area (TPSA) is 49.3 Å². The zero-order valence-corrected chi connectivity index (χ0v) is 16.1. The molecule has 5 heteroatoms. The van der Waals surface area contributed by atoms with Crippen LogP contribution in [0.5, 0.6) is 0 Å². The maximum absolute atomic E-state index is 12.9. The van der Waals surface area contributed by atoms with Gasteiger partial charge < -0.3 is 9.80 Å². The molecule has 0 saturated heterocycles. The Labute approximate surface area is 165 Å². The summed E-state index contributed by atoms with van der Waals surface area (Å²) in [5.74, 6) is -0.0544. The number of rotatable bonds is 5. The number of pyridine rings is 2. The number of aromatic nitrogens is 2. The van der Waals surface area contributed by atoms with Gasteiger partial charge in [-0.3, -0.25) is 14.8 Å². The molecule has 0 fully saturated rings. The fraction of sp³-hybridized carbons (Fsp3) is 0.261. The lowest BCUT2D eigenvalue weighted by Gasteiger charge is -2.31. The van der Waals surface area contributed by atoms with E-state index in [0.717, 1.165) is 31.5 Å². The molecule has 142 valence electrons. The molecule has 0 N–H and O–H groups in total. The predicted molar refractivity (Wildman–Crippen MR) is 111 cm³/mol. The molecule has 0 saturated carbocycles. The van der Waals surface area contributed by atoms with Crippen LogP contribution in [-0.4, -0.2) is 40.9 Å². The van der Waals surface area contributed by atoms with E-state index in [4.69, 9.17) is 0 Å². The van der Waals surface area contributed by atoms with E-state index in [9.17, 15) is 4.79 Å².